The maximum Gasteiger partial charge on any atom is 0.265 e. The summed E-state index contributed by atoms with van der Waals surface area (Å²) in [5, 5.41) is 0. The second kappa shape index (κ2) is 5.10. The topological polar surface area (TPSA) is 43.4 Å². The Morgan fingerprint density at radius 1 is 1.19 bits per heavy atom. The third-order valence-corrected chi connectivity index (χ3v) is 2.81. The lowest BCUT2D eigenvalue weighted by molar-refractivity contribution is 0.220. The summed E-state index contributed by atoms with van der Waals surface area (Å²) in [5.41, 5.74) is 0.480. The van der Waals surface area contributed by atoms with Crippen molar-refractivity contribution in [2.45, 2.75) is 9.90 Å². The Balaban J connectivity index is 3.08. The number of alkyl halides is 3. The highest BCUT2D eigenvalue weighted by Gasteiger charge is 2.37. The molecule has 0 aromatic heterocycles. The van der Waals surface area contributed by atoms with Gasteiger partial charge in [0.1, 0.15) is 6.10 Å². The number of hydrogen-bond acceptors (Lipinski definition) is 3. The van der Waals surface area contributed by atoms with E-state index >= 15 is 0 Å². The van der Waals surface area contributed by atoms with Gasteiger partial charge >= 0.3 is 0 Å². The third-order valence-electron chi connectivity index (χ3n) is 1.67. The zero-order chi connectivity index (χ0) is 12.4. The predicted octanol–water partition coefficient (Wildman–Crippen LogP) is 3.07. The molecule has 0 saturated heterocycles. The van der Waals surface area contributed by atoms with Crippen molar-refractivity contribution in [1.29, 1.82) is 0 Å². The summed E-state index contributed by atoms with van der Waals surface area (Å²) < 4.78 is 25.0. The quantitative estimate of drug-likeness (QED) is 0.636. The summed E-state index contributed by atoms with van der Waals surface area (Å²) in [6, 6.07) is 8.41. The number of rotatable bonds is 3. The van der Waals surface area contributed by atoms with E-state index in [1.807, 2.05) is 0 Å². The zero-order valence-electron chi connectivity index (χ0n) is 8.23. The average Bonchev–Trinajstić information content (AvgIpc) is 2.13. The standard InChI is InChI=1S/C9H9Cl3O3S/c1-16(13,14)15-8(9(10,11)12)7-5-3-2-4-6-7/h2-6,8H,1H3. The second-order valence-electron chi connectivity index (χ2n) is 3.13. The van der Waals surface area contributed by atoms with Crippen molar-refractivity contribution < 1.29 is 12.6 Å². The van der Waals surface area contributed by atoms with Crippen LogP contribution in [-0.2, 0) is 14.3 Å². The Labute approximate surface area is 109 Å². The van der Waals surface area contributed by atoms with Crippen molar-refractivity contribution in [1.82, 2.24) is 0 Å². The summed E-state index contributed by atoms with van der Waals surface area (Å²) in [4.78, 5) is 0. The third kappa shape index (κ3) is 4.47. The summed E-state index contributed by atoms with van der Waals surface area (Å²) >= 11 is 17.0. The molecule has 0 aliphatic rings. The first-order valence-corrected chi connectivity index (χ1v) is 7.15. The smallest absolute Gasteiger partial charge is 0.258 e. The van der Waals surface area contributed by atoms with Crippen LogP contribution in [0, 0.1) is 0 Å². The van der Waals surface area contributed by atoms with Crippen molar-refractivity contribution >= 4 is 44.9 Å². The minimum Gasteiger partial charge on any atom is -0.258 e. The molecule has 16 heavy (non-hydrogen) atoms. The molecule has 1 aromatic carbocycles. The molecule has 0 amide bonds. The Morgan fingerprint density at radius 2 is 1.69 bits per heavy atom. The molecular formula is C9H9Cl3O3S. The van der Waals surface area contributed by atoms with Gasteiger partial charge in [-0.15, -0.1) is 0 Å². The van der Waals surface area contributed by atoms with Gasteiger partial charge in [-0.1, -0.05) is 65.1 Å². The van der Waals surface area contributed by atoms with Gasteiger partial charge in [0, 0.05) is 0 Å². The first-order chi connectivity index (χ1) is 7.20. The Morgan fingerprint density at radius 3 is 2.06 bits per heavy atom. The van der Waals surface area contributed by atoms with Gasteiger partial charge < -0.3 is 0 Å². The van der Waals surface area contributed by atoms with Crippen LogP contribution >= 0.6 is 34.8 Å². The molecule has 0 bridgehead atoms. The molecule has 0 saturated carbocycles. The Hall–Kier alpha value is -0.000000000000000111. The lowest BCUT2D eigenvalue weighted by Crippen LogP contribution is -2.23. The van der Waals surface area contributed by atoms with Gasteiger partial charge in [0.2, 0.25) is 3.79 Å². The fraction of sp³-hybridized carbons (Fsp3) is 0.333. The molecule has 0 spiro atoms. The largest absolute Gasteiger partial charge is 0.265 e. The van der Waals surface area contributed by atoms with Gasteiger partial charge in [-0.25, -0.2) is 0 Å². The summed E-state index contributed by atoms with van der Waals surface area (Å²) in [7, 11) is -3.71. The highest BCUT2D eigenvalue weighted by Crippen LogP contribution is 2.42. The fourth-order valence-corrected chi connectivity index (χ4v) is 2.38. The average molecular weight is 304 g/mol. The van der Waals surface area contributed by atoms with Crippen LogP contribution in [-0.4, -0.2) is 18.5 Å². The maximum atomic E-state index is 11.1. The molecule has 7 heteroatoms. The van der Waals surface area contributed by atoms with Crippen LogP contribution < -0.4 is 0 Å². The Kier molecular flexibility index (Phi) is 4.49. The first kappa shape index (κ1) is 14.1. The zero-order valence-corrected chi connectivity index (χ0v) is 11.3. The molecule has 1 rings (SSSR count). The molecular weight excluding hydrogens is 295 g/mol. The van der Waals surface area contributed by atoms with Gasteiger partial charge in [0.05, 0.1) is 6.26 Å². The second-order valence-corrected chi connectivity index (χ2v) is 7.10. The summed E-state index contributed by atoms with van der Waals surface area (Å²) in [6.45, 7) is 0. The van der Waals surface area contributed by atoms with Crippen LogP contribution in [0.5, 0.6) is 0 Å². The van der Waals surface area contributed by atoms with Crippen LogP contribution in [0.1, 0.15) is 11.7 Å². The van der Waals surface area contributed by atoms with E-state index in [9.17, 15) is 8.42 Å². The van der Waals surface area contributed by atoms with Crippen molar-refractivity contribution in [2.75, 3.05) is 6.26 Å². The summed E-state index contributed by atoms with van der Waals surface area (Å²) in [5.74, 6) is 0. The molecule has 90 valence electrons. The molecule has 0 radical (unpaired) electrons. The highest BCUT2D eigenvalue weighted by atomic mass is 35.6. The summed E-state index contributed by atoms with van der Waals surface area (Å²) in [6.07, 6.45) is -0.256. The van der Waals surface area contributed by atoms with Crippen LogP contribution in [0.3, 0.4) is 0 Å². The first-order valence-electron chi connectivity index (χ1n) is 4.20. The molecule has 1 atom stereocenters. The van der Waals surface area contributed by atoms with E-state index in [-0.39, 0.29) is 0 Å². The normalized spacial score (nSPS) is 14.8. The lowest BCUT2D eigenvalue weighted by atomic mass is 10.1. The number of hydrogen-bond donors (Lipinski definition) is 0. The maximum absolute atomic E-state index is 11.1. The lowest BCUT2D eigenvalue weighted by Gasteiger charge is -2.23. The molecule has 1 aromatic rings. The van der Waals surface area contributed by atoms with Gasteiger partial charge in [-0.2, -0.15) is 8.42 Å². The van der Waals surface area contributed by atoms with E-state index in [4.69, 9.17) is 39.0 Å². The van der Waals surface area contributed by atoms with Crippen LogP contribution in [0.25, 0.3) is 0 Å². The molecule has 0 aliphatic carbocycles. The van der Waals surface area contributed by atoms with Gasteiger partial charge in [-0.3, -0.25) is 4.18 Å². The van der Waals surface area contributed by atoms with E-state index in [1.54, 1.807) is 30.3 Å². The van der Waals surface area contributed by atoms with Crippen LogP contribution in [0.2, 0.25) is 0 Å². The van der Waals surface area contributed by atoms with Crippen LogP contribution in [0.15, 0.2) is 30.3 Å². The molecule has 0 fully saturated rings. The van der Waals surface area contributed by atoms with E-state index in [1.165, 1.54) is 0 Å². The van der Waals surface area contributed by atoms with Crippen LogP contribution in [0.4, 0.5) is 0 Å². The molecule has 0 N–H and O–H groups in total. The highest BCUT2D eigenvalue weighted by molar-refractivity contribution is 7.86. The molecule has 1 unspecified atom stereocenters. The van der Waals surface area contributed by atoms with Gasteiger partial charge in [-0.05, 0) is 5.56 Å². The van der Waals surface area contributed by atoms with Crippen molar-refractivity contribution in [3.8, 4) is 0 Å². The van der Waals surface area contributed by atoms with Crippen molar-refractivity contribution in [3.05, 3.63) is 35.9 Å². The number of benzene rings is 1. The minimum absolute atomic E-state index is 0.480. The van der Waals surface area contributed by atoms with Gasteiger partial charge in [0.15, 0.2) is 0 Å². The SMILES string of the molecule is CS(=O)(=O)OC(c1ccccc1)C(Cl)(Cl)Cl. The monoisotopic (exact) mass is 302 g/mol. The predicted molar refractivity (Wildman–Crippen MR) is 65.4 cm³/mol. The van der Waals surface area contributed by atoms with Crippen molar-refractivity contribution in [3.63, 3.8) is 0 Å². The van der Waals surface area contributed by atoms with E-state index in [2.05, 4.69) is 0 Å². The van der Waals surface area contributed by atoms with E-state index < -0.39 is 20.0 Å². The Bertz CT molecular complexity index is 439. The van der Waals surface area contributed by atoms with E-state index in [0.717, 1.165) is 6.26 Å². The fourth-order valence-electron chi connectivity index (χ4n) is 1.10. The van der Waals surface area contributed by atoms with Crippen molar-refractivity contribution in [2.24, 2.45) is 0 Å². The van der Waals surface area contributed by atoms with Gasteiger partial charge in [0.25, 0.3) is 10.1 Å². The number of halogens is 3. The van der Waals surface area contributed by atoms with E-state index in [0.29, 0.717) is 5.56 Å². The molecule has 3 nitrogen and oxygen atoms in total. The molecule has 0 aliphatic heterocycles. The molecule has 0 heterocycles. The minimum atomic E-state index is -3.71.